The first kappa shape index (κ1) is 19.1. The Bertz CT molecular complexity index is 1160. The second-order valence-electron chi connectivity index (χ2n) is 5.95. The standard InChI is InChI=1S/C20H12Cl4N4/c21-11-7-12(22)9-14(8-11)26-20-27-18-4-2-1-3-15(18)19(28-20)25-13-5-6-16(23)17(24)10-13/h1-10H,(H2,25,26,27,28). The molecule has 28 heavy (non-hydrogen) atoms. The van der Waals surface area contributed by atoms with Crippen LogP contribution in [0.4, 0.5) is 23.1 Å². The molecule has 0 aliphatic heterocycles. The molecule has 4 rings (SSSR count). The number of nitrogens with zero attached hydrogens (tertiary/aromatic N) is 2. The third-order valence-corrected chi connectivity index (χ3v) is 5.08. The summed E-state index contributed by atoms with van der Waals surface area (Å²) in [6, 6.07) is 18.1. The molecule has 2 N–H and O–H groups in total. The van der Waals surface area contributed by atoms with Gasteiger partial charge in [0.05, 0.1) is 15.6 Å². The monoisotopic (exact) mass is 448 g/mol. The van der Waals surface area contributed by atoms with Gasteiger partial charge < -0.3 is 10.6 Å². The number of halogens is 4. The first-order valence-corrected chi connectivity index (χ1v) is 9.71. The van der Waals surface area contributed by atoms with Gasteiger partial charge in [0.15, 0.2) is 0 Å². The fourth-order valence-electron chi connectivity index (χ4n) is 2.69. The van der Waals surface area contributed by atoms with Gasteiger partial charge in [0.1, 0.15) is 5.82 Å². The molecule has 0 spiro atoms. The predicted molar refractivity (Wildman–Crippen MR) is 119 cm³/mol. The highest BCUT2D eigenvalue weighted by Gasteiger charge is 2.10. The first-order chi connectivity index (χ1) is 13.5. The molecule has 8 heteroatoms. The van der Waals surface area contributed by atoms with E-state index in [1.54, 1.807) is 30.3 Å². The Balaban J connectivity index is 1.75. The van der Waals surface area contributed by atoms with Crippen LogP contribution in [0.5, 0.6) is 0 Å². The van der Waals surface area contributed by atoms with E-state index in [1.165, 1.54) is 0 Å². The van der Waals surface area contributed by atoms with Crippen LogP contribution < -0.4 is 10.6 Å². The van der Waals surface area contributed by atoms with E-state index in [4.69, 9.17) is 46.4 Å². The Labute approximate surface area is 181 Å². The summed E-state index contributed by atoms with van der Waals surface area (Å²) in [4.78, 5) is 9.18. The Morgan fingerprint density at radius 2 is 1.39 bits per heavy atom. The maximum Gasteiger partial charge on any atom is 0.229 e. The number of aromatic nitrogens is 2. The van der Waals surface area contributed by atoms with Crippen LogP contribution in [0.3, 0.4) is 0 Å². The highest BCUT2D eigenvalue weighted by molar-refractivity contribution is 6.42. The minimum Gasteiger partial charge on any atom is -0.340 e. The Morgan fingerprint density at radius 1 is 0.643 bits per heavy atom. The molecule has 0 aliphatic rings. The smallest absolute Gasteiger partial charge is 0.229 e. The minimum atomic E-state index is 0.402. The number of rotatable bonds is 4. The molecule has 0 atom stereocenters. The zero-order valence-corrected chi connectivity index (χ0v) is 17.2. The molecule has 4 nitrogen and oxygen atoms in total. The average Bonchev–Trinajstić information content (AvgIpc) is 2.64. The van der Waals surface area contributed by atoms with E-state index in [-0.39, 0.29) is 0 Å². The summed E-state index contributed by atoms with van der Waals surface area (Å²) < 4.78 is 0. The number of fused-ring (bicyclic) bond motifs is 1. The van der Waals surface area contributed by atoms with Crippen molar-refractivity contribution in [1.29, 1.82) is 0 Å². The van der Waals surface area contributed by atoms with Crippen molar-refractivity contribution in [2.24, 2.45) is 0 Å². The molecule has 0 bridgehead atoms. The van der Waals surface area contributed by atoms with Gasteiger partial charge in [-0.3, -0.25) is 0 Å². The van der Waals surface area contributed by atoms with Gasteiger partial charge in [-0.05, 0) is 48.5 Å². The summed E-state index contributed by atoms with van der Waals surface area (Å²) in [7, 11) is 0. The van der Waals surface area contributed by atoms with Crippen molar-refractivity contribution in [2.45, 2.75) is 0 Å². The normalized spacial score (nSPS) is 10.9. The van der Waals surface area contributed by atoms with Gasteiger partial charge in [-0.15, -0.1) is 0 Å². The molecule has 0 fully saturated rings. The highest BCUT2D eigenvalue weighted by atomic mass is 35.5. The van der Waals surface area contributed by atoms with E-state index in [2.05, 4.69) is 20.6 Å². The van der Waals surface area contributed by atoms with Crippen molar-refractivity contribution in [1.82, 2.24) is 9.97 Å². The van der Waals surface area contributed by atoms with E-state index < -0.39 is 0 Å². The summed E-state index contributed by atoms with van der Waals surface area (Å²) in [5, 5.41) is 9.27. The highest BCUT2D eigenvalue weighted by Crippen LogP contribution is 2.30. The van der Waals surface area contributed by atoms with E-state index in [0.29, 0.717) is 37.5 Å². The van der Waals surface area contributed by atoms with Crippen LogP contribution >= 0.6 is 46.4 Å². The van der Waals surface area contributed by atoms with E-state index in [9.17, 15) is 0 Å². The van der Waals surface area contributed by atoms with Crippen LogP contribution in [0.1, 0.15) is 0 Å². The molecule has 140 valence electrons. The lowest BCUT2D eigenvalue weighted by atomic mass is 10.2. The van der Waals surface area contributed by atoms with Gasteiger partial charge in [-0.2, -0.15) is 4.98 Å². The molecule has 4 aromatic rings. The second kappa shape index (κ2) is 8.02. The number of anilines is 4. The van der Waals surface area contributed by atoms with E-state index >= 15 is 0 Å². The number of nitrogens with one attached hydrogen (secondary N) is 2. The predicted octanol–water partition coefficient (Wildman–Crippen LogP) is 7.73. The van der Waals surface area contributed by atoms with Crippen molar-refractivity contribution in [3.8, 4) is 0 Å². The summed E-state index contributed by atoms with van der Waals surface area (Å²) >= 11 is 24.3. The lowest BCUT2D eigenvalue weighted by Crippen LogP contribution is -2.02. The molecule has 3 aromatic carbocycles. The largest absolute Gasteiger partial charge is 0.340 e. The summed E-state index contributed by atoms with van der Waals surface area (Å²) in [6.45, 7) is 0. The summed E-state index contributed by atoms with van der Waals surface area (Å²) in [5.74, 6) is 1.03. The van der Waals surface area contributed by atoms with Crippen LogP contribution in [0, 0.1) is 0 Å². The third-order valence-electron chi connectivity index (χ3n) is 3.90. The van der Waals surface area contributed by atoms with Gasteiger partial charge in [0.25, 0.3) is 0 Å². The molecule has 0 amide bonds. The van der Waals surface area contributed by atoms with Crippen molar-refractivity contribution in [3.05, 3.63) is 80.8 Å². The number of hydrogen-bond donors (Lipinski definition) is 2. The van der Waals surface area contributed by atoms with Crippen molar-refractivity contribution >= 4 is 80.4 Å². The molecule has 0 unspecified atom stereocenters. The second-order valence-corrected chi connectivity index (χ2v) is 7.64. The number of benzene rings is 3. The molecule has 0 radical (unpaired) electrons. The summed E-state index contributed by atoms with van der Waals surface area (Å²) in [5.41, 5.74) is 2.22. The lowest BCUT2D eigenvalue weighted by Gasteiger charge is -2.13. The summed E-state index contributed by atoms with van der Waals surface area (Å²) in [6.07, 6.45) is 0. The molecule has 0 saturated carbocycles. The van der Waals surface area contributed by atoms with Crippen molar-refractivity contribution in [3.63, 3.8) is 0 Å². The van der Waals surface area contributed by atoms with Gasteiger partial charge >= 0.3 is 0 Å². The van der Waals surface area contributed by atoms with Gasteiger partial charge in [-0.1, -0.05) is 58.5 Å². The quantitative estimate of drug-likeness (QED) is 0.334. The van der Waals surface area contributed by atoms with E-state index in [1.807, 2.05) is 30.3 Å². The van der Waals surface area contributed by atoms with E-state index in [0.717, 1.165) is 16.6 Å². The van der Waals surface area contributed by atoms with Crippen LogP contribution in [0.2, 0.25) is 20.1 Å². The fourth-order valence-corrected chi connectivity index (χ4v) is 3.52. The molecule has 0 saturated heterocycles. The van der Waals surface area contributed by atoms with Gasteiger partial charge in [0, 0.05) is 26.8 Å². The molecule has 1 heterocycles. The van der Waals surface area contributed by atoms with Crippen LogP contribution in [0.25, 0.3) is 10.9 Å². The minimum absolute atomic E-state index is 0.402. The van der Waals surface area contributed by atoms with Crippen molar-refractivity contribution in [2.75, 3.05) is 10.6 Å². The number of para-hydroxylation sites is 1. The zero-order valence-electron chi connectivity index (χ0n) is 14.2. The van der Waals surface area contributed by atoms with Crippen molar-refractivity contribution < 1.29 is 0 Å². The van der Waals surface area contributed by atoms with Gasteiger partial charge in [0.2, 0.25) is 5.95 Å². The Hall–Kier alpha value is -2.24. The SMILES string of the molecule is Clc1cc(Cl)cc(Nc2nc(Nc3ccc(Cl)c(Cl)c3)c3ccccc3n2)c1. The lowest BCUT2D eigenvalue weighted by molar-refractivity contribution is 1.21. The maximum absolute atomic E-state index is 6.12. The molecular weight excluding hydrogens is 438 g/mol. The maximum atomic E-state index is 6.12. The first-order valence-electron chi connectivity index (χ1n) is 8.20. The Morgan fingerprint density at radius 3 is 2.14 bits per heavy atom. The van der Waals surface area contributed by atoms with Gasteiger partial charge in [-0.25, -0.2) is 4.98 Å². The number of hydrogen-bond acceptors (Lipinski definition) is 4. The molecular formula is C20H12Cl4N4. The van der Waals surface area contributed by atoms with Crippen LogP contribution in [-0.2, 0) is 0 Å². The Kier molecular flexibility index (Phi) is 5.47. The third kappa shape index (κ3) is 4.26. The molecule has 1 aromatic heterocycles. The zero-order chi connectivity index (χ0) is 19.7. The van der Waals surface area contributed by atoms with Crippen LogP contribution in [-0.4, -0.2) is 9.97 Å². The molecule has 0 aliphatic carbocycles. The van der Waals surface area contributed by atoms with Crippen LogP contribution in [0.15, 0.2) is 60.7 Å². The topological polar surface area (TPSA) is 49.8 Å². The fraction of sp³-hybridized carbons (Fsp3) is 0. The average molecular weight is 450 g/mol.